The van der Waals surface area contributed by atoms with E-state index in [4.69, 9.17) is 15.2 Å². The molecule has 0 saturated carbocycles. The summed E-state index contributed by atoms with van der Waals surface area (Å²) in [5.74, 6) is 0.728. The third-order valence-corrected chi connectivity index (χ3v) is 3.40. The van der Waals surface area contributed by atoms with Crippen molar-refractivity contribution < 1.29 is 13.9 Å². The van der Waals surface area contributed by atoms with Gasteiger partial charge in [0.1, 0.15) is 18.5 Å². The van der Waals surface area contributed by atoms with Gasteiger partial charge in [-0.25, -0.2) is 4.39 Å². The van der Waals surface area contributed by atoms with E-state index in [2.05, 4.69) is 0 Å². The zero-order valence-electron chi connectivity index (χ0n) is 11.0. The largest absolute Gasteiger partial charge is 0.486 e. The molecular weight excluding hydrogens is 257 g/mol. The summed E-state index contributed by atoms with van der Waals surface area (Å²) in [4.78, 5) is 0. The fraction of sp³-hybridized carbons (Fsp3) is 0.250. The van der Waals surface area contributed by atoms with Gasteiger partial charge < -0.3 is 15.2 Å². The molecule has 104 valence electrons. The highest BCUT2D eigenvalue weighted by molar-refractivity contribution is 5.38. The molecule has 0 fully saturated rings. The Morgan fingerprint density at radius 1 is 1.20 bits per heavy atom. The van der Waals surface area contributed by atoms with Crippen molar-refractivity contribution in [3.05, 3.63) is 59.4 Å². The Kier molecular flexibility index (Phi) is 3.56. The Morgan fingerprint density at radius 3 is 2.85 bits per heavy atom. The van der Waals surface area contributed by atoms with Crippen molar-refractivity contribution in [1.82, 2.24) is 0 Å². The van der Waals surface area contributed by atoms with Crippen molar-refractivity contribution in [3.63, 3.8) is 0 Å². The topological polar surface area (TPSA) is 44.5 Å². The third-order valence-electron chi connectivity index (χ3n) is 3.40. The molecule has 0 aliphatic carbocycles. The Balaban J connectivity index is 1.67. The Hall–Kier alpha value is -2.07. The standard InChI is InChI=1S/C16H16FNO2/c17-14-6-3-5-12(9-18)16(14)19-10-13-8-11-4-1-2-7-15(11)20-13/h1-7,13H,8-10,18H2. The van der Waals surface area contributed by atoms with Crippen molar-refractivity contribution >= 4 is 0 Å². The Morgan fingerprint density at radius 2 is 2.05 bits per heavy atom. The normalized spacial score (nSPS) is 16.6. The summed E-state index contributed by atoms with van der Waals surface area (Å²) >= 11 is 0. The summed E-state index contributed by atoms with van der Waals surface area (Å²) in [6, 6.07) is 12.7. The van der Waals surface area contributed by atoms with Crippen molar-refractivity contribution in [3.8, 4) is 11.5 Å². The summed E-state index contributed by atoms with van der Waals surface area (Å²) in [7, 11) is 0. The van der Waals surface area contributed by atoms with E-state index >= 15 is 0 Å². The number of hydrogen-bond donors (Lipinski definition) is 1. The molecule has 2 aromatic rings. The van der Waals surface area contributed by atoms with Crippen LogP contribution in [-0.2, 0) is 13.0 Å². The van der Waals surface area contributed by atoms with Crippen LogP contribution in [0.1, 0.15) is 11.1 Å². The number of benzene rings is 2. The van der Waals surface area contributed by atoms with E-state index < -0.39 is 0 Å². The zero-order chi connectivity index (χ0) is 13.9. The van der Waals surface area contributed by atoms with Crippen LogP contribution in [0.4, 0.5) is 4.39 Å². The smallest absolute Gasteiger partial charge is 0.165 e. The molecule has 20 heavy (non-hydrogen) atoms. The summed E-state index contributed by atoms with van der Waals surface area (Å²) < 4.78 is 25.1. The van der Waals surface area contributed by atoms with Crippen LogP contribution < -0.4 is 15.2 Å². The summed E-state index contributed by atoms with van der Waals surface area (Å²) in [6.07, 6.45) is 0.695. The van der Waals surface area contributed by atoms with Gasteiger partial charge in [-0.3, -0.25) is 0 Å². The minimum absolute atomic E-state index is 0.0855. The number of ether oxygens (including phenoxy) is 2. The SMILES string of the molecule is NCc1cccc(F)c1OCC1Cc2ccccc2O1. The van der Waals surface area contributed by atoms with Crippen LogP contribution >= 0.6 is 0 Å². The molecule has 2 N–H and O–H groups in total. The van der Waals surface area contributed by atoms with Gasteiger partial charge in [0.05, 0.1) is 0 Å². The van der Waals surface area contributed by atoms with Crippen LogP contribution in [0.25, 0.3) is 0 Å². The van der Waals surface area contributed by atoms with Crippen LogP contribution in [0.5, 0.6) is 11.5 Å². The first kappa shape index (κ1) is 12.9. The zero-order valence-corrected chi connectivity index (χ0v) is 11.0. The molecule has 1 aliphatic rings. The predicted molar refractivity (Wildman–Crippen MR) is 74.3 cm³/mol. The number of fused-ring (bicyclic) bond motifs is 1. The summed E-state index contributed by atoms with van der Waals surface area (Å²) in [5.41, 5.74) is 7.42. The van der Waals surface area contributed by atoms with E-state index in [0.717, 1.165) is 17.7 Å². The predicted octanol–water partition coefficient (Wildman–Crippen LogP) is 2.67. The molecule has 0 saturated heterocycles. The van der Waals surface area contributed by atoms with Gasteiger partial charge in [0, 0.05) is 18.5 Å². The number of halogens is 1. The first-order chi connectivity index (χ1) is 9.78. The van der Waals surface area contributed by atoms with E-state index in [9.17, 15) is 4.39 Å². The van der Waals surface area contributed by atoms with Crippen LogP contribution in [0.3, 0.4) is 0 Å². The second-order valence-electron chi connectivity index (χ2n) is 4.79. The fourth-order valence-corrected chi connectivity index (χ4v) is 2.40. The van der Waals surface area contributed by atoms with Crippen LogP contribution in [0.2, 0.25) is 0 Å². The quantitative estimate of drug-likeness (QED) is 0.931. The Bertz CT molecular complexity index is 590. The average Bonchev–Trinajstić information content (AvgIpc) is 2.88. The second-order valence-corrected chi connectivity index (χ2v) is 4.79. The van der Waals surface area contributed by atoms with Crippen LogP contribution in [-0.4, -0.2) is 12.7 Å². The maximum absolute atomic E-state index is 13.8. The molecule has 1 heterocycles. The molecule has 3 rings (SSSR count). The molecule has 3 nitrogen and oxygen atoms in total. The molecule has 0 aromatic heterocycles. The van der Waals surface area contributed by atoms with Gasteiger partial charge in [-0.05, 0) is 17.7 Å². The van der Waals surface area contributed by atoms with Gasteiger partial charge >= 0.3 is 0 Å². The molecule has 0 spiro atoms. The summed E-state index contributed by atoms with van der Waals surface area (Å²) in [6.45, 7) is 0.557. The lowest BCUT2D eigenvalue weighted by atomic mass is 10.1. The minimum Gasteiger partial charge on any atom is -0.486 e. The molecule has 2 aromatic carbocycles. The first-order valence-electron chi connectivity index (χ1n) is 6.62. The molecule has 0 amide bonds. The van der Waals surface area contributed by atoms with E-state index in [-0.39, 0.29) is 24.2 Å². The van der Waals surface area contributed by atoms with Gasteiger partial charge in [0.25, 0.3) is 0 Å². The second kappa shape index (κ2) is 5.51. The first-order valence-corrected chi connectivity index (χ1v) is 6.62. The molecule has 1 unspecified atom stereocenters. The highest BCUT2D eigenvalue weighted by Crippen LogP contribution is 2.29. The number of hydrogen-bond acceptors (Lipinski definition) is 3. The lowest BCUT2D eigenvalue weighted by molar-refractivity contribution is 0.144. The van der Waals surface area contributed by atoms with Crippen molar-refractivity contribution in [2.45, 2.75) is 19.1 Å². The highest BCUT2D eigenvalue weighted by Gasteiger charge is 2.23. The van der Waals surface area contributed by atoms with Crippen molar-refractivity contribution in [2.24, 2.45) is 5.73 Å². The van der Waals surface area contributed by atoms with Crippen LogP contribution in [0.15, 0.2) is 42.5 Å². The third kappa shape index (κ3) is 2.47. The maximum atomic E-state index is 13.8. The van der Waals surface area contributed by atoms with Crippen molar-refractivity contribution in [1.29, 1.82) is 0 Å². The van der Waals surface area contributed by atoms with Gasteiger partial charge in [-0.15, -0.1) is 0 Å². The minimum atomic E-state index is -0.386. The van der Waals surface area contributed by atoms with E-state index in [0.29, 0.717) is 12.2 Å². The van der Waals surface area contributed by atoms with Crippen LogP contribution in [0, 0.1) is 5.82 Å². The van der Waals surface area contributed by atoms with Crippen molar-refractivity contribution in [2.75, 3.05) is 6.61 Å². The number of para-hydroxylation sites is 2. The molecule has 1 aliphatic heterocycles. The van der Waals surface area contributed by atoms with Gasteiger partial charge in [-0.1, -0.05) is 30.3 Å². The van der Waals surface area contributed by atoms with E-state index in [1.807, 2.05) is 24.3 Å². The fourth-order valence-electron chi connectivity index (χ4n) is 2.40. The molecule has 0 radical (unpaired) electrons. The van der Waals surface area contributed by atoms with Gasteiger partial charge in [-0.2, -0.15) is 0 Å². The summed E-state index contributed by atoms with van der Waals surface area (Å²) in [5, 5.41) is 0. The number of nitrogens with two attached hydrogens (primary N) is 1. The van der Waals surface area contributed by atoms with E-state index in [1.54, 1.807) is 12.1 Å². The molecule has 4 heteroatoms. The lowest BCUT2D eigenvalue weighted by Gasteiger charge is -2.15. The number of rotatable bonds is 4. The van der Waals surface area contributed by atoms with Gasteiger partial charge in [0.15, 0.2) is 11.6 Å². The lowest BCUT2D eigenvalue weighted by Crippen LogP contribution is -2.23. The average molecular weight is 273 g/mol. The highest BCUT2D eigenvalue weighted by atomic mass is 19.1. The molecule has 0 bridgehead atoms. The van der Waals surface area contributed by atoms with E-state index in [1.165, 1.54) is 6.07 Å². The Labute approximate surface area is 117 Å². The maximum Gasteiger partial charge on any atom is 0.165 e. The molecule has 1 atom stereocenters. The monoisotopic (exact) mass is 273 g/mol. The van der Waals surface area contributed by atoms with Gasteiger partial charge in [0.2, 0.25) is 0 Å². The molecular formula is C16H16FNO2.